The van der Waals surface area contributed by atoms with Gasteiger partial charge in [-0.3, -0.25) is 14.4 Å². The monoisotopic (exact) mass is 534 g/mol. The molecule has 0 bridgehead atoms. The summed E-state index contributed by atoms with van der Waals surface area (Å²) in [6, 6.07) is 24.2. The maximum absolute atomic E-state index is 13.5. The van der Waals surface area contributed by atoms with Crippen LogP contribution in [0.4, 0.5) is 0 Å². The number of ether oxygens (including phenoxy) is 1. The van der Waals surface area contributed by atoms with Crippen LogP contribution in [0, 0.1) is 5.41 Å². The van der Waals surface area contributed by atoms with Crippen LogP contribution in [0.1, 0.15) is 27.6 Å². The average molecular weight is 535 g/mol. The summed E-state index contributed by atoms with van der Waals surface area (Å²) in [4.78, 5) is 52.7. The number of carbonyl (C=O) groups is 4. The molecule has 3 atom stereocenters. The van der Waals surface area contributed by atoms with E-state index in [0.29, 0.717) is 16.9 Å². The molecule has 0 aromatic heterocycles. The zero-order valence-electron chi connectivity index (χ0n) is 19.6. The molecule has 0 radical (unpaired) electrons. The number of hydrogen-bond acceptors (Lipinski definition) is 6. The molecule has 2 amide bonds. The van der Waals surface area contributed by atoms with E-state index in [0.717, 1.165) is 11.1 Å². The molecule has 2 aliphatic heterocycles. The highest BCUT2D eigenvalue weighted by Gasteiger charge is 2.58. The number of hydrogen-bond donors (Lipinski definition) is 1. The second-order valence-electron chi connectivity index (χ2n) is 9.01. The Morgan fingerprint density at radius 2 is 1.59 bits per heavy atom. The van der Waals surface area contributed by atoms with Crippen LogP contribution in [-0.4, -0.2) is 52.7 Å². The number of thioether (sulfide) groups is 1. The van der Waals surface area contributed by atoms with Crippen molar-refractivity contribution < 1.29 is 23.9 Å². The predicted octanol–water partition coefficient (Wildman–Crippen LogP) is 3.87. The third kappa shape index (κ3) is 4.86. The summed E-state index contributed by atoms with van der Waals surface area (Å²) < 4.78 is 5.96. The van der Waals surface area contributed by atoms with E-state index in [9.17, 15) is 19.2 Å². The number of rotatable bonds is 7. The zero-order chi connectivity index (χ0) is 26.0. The topological polar surface area (TPSA) is 92.8 Å². The molecule has 2 saturated heterocycles. The number of fused-ring (bicyclic) bond motifs is 1. The lowest BCUT2D eigenvalue weighted by atomic mass is 9.88. The Bertz CT molecular complexity index is 1280. The number of carbonyl (C=O) groups excluding carboxylic acids is 4. The lowest BCUT2D eigenvalue weighted by Crippen LogP contribution is -2.74. The Morgan fingerprint density at radius 1 is 1.00 bits per heavy atom. The normalized spacial score (nSPS) is 22.5. The van der Waals surface area contributed by atoms with Crippen molar-refractivity contribution in [1.82, 2.24) is 10.2 Å². The van der Waals surface area contributed by atoms with Crippen LogP contribution >= 0.6 is 23.4 Å². The van der Waals surface area contributed by atoms with Crippen LogP contribution in [0.25, 0.3) is 0 Å². The highest BCUT2D eigenvalue weighted by Crippen LogP contribution is 2.43. The van der Waals surface area contributed by atoms with E-state index >= 15 is 0 Å². The minimum Gasteiger partial charge on any atom is -0.452 e. The van der Waals surface area contributed by atoms with Crippen molar-refractivity contribution in [2.24, 2.45) is 5.41 Å². The standard InChI is InChI=1S/C28H23ClN2O5S/c29-21-13-11-20(12-14-21)24(33)30-22-25(34)31-15-28(16-32,17-37-26(22)31)27(35)36-23(18-7-3-1-4-8-18)19-9-5-2-6-10-19/h1-14,16,22-23,26H,15,17H2,(H,30,33)/t22?,26-,28?/m1/s1. The van der Waals surface area contributed by atoms with E-state index in [1.54, 1.807) is 24.3 Å². The van der Waals surface area contributed by atoms with Crippen molar-refractivity contribution >= 4 is 47.4 Å². The van der Waals surface area contributed by atoms with Crippen molar-refractivity contribution in [3.05, 3.63) is 107 Å². The van der Waals surface area contributed by atoms with Gasteiger partial charge >= 0.3 is 5.97 Å². The first-order chi connectivity index (χ1) is 17.9. The smallest absolute Gasteiger partial charge is 0.322 e. The summed E-state index contributed by atoms with van der Waals surface area (Å²) in [5, 5.41) is 2.88. The summed E-state index contributed by atoms with van der Waals surface area (Å²) in [5.74, 6) is -1.29. The third-order valence-corrected chi connectivity index (χ3v) is 8.36. The summed E-state index contributed by atoms with van der Waals surface area (Å²) in [7, 11) is 0. The number of β-lactam (4-membered cyclic amide) rings is 1. The molecular formula is C28H23ClN2O5S. The first kappa shape index (κ1) is 25.0. The predicted molar refractivity (Wildman–Crippen MR) is 140 cm³/mol. The maximum atomic E-state index is 13.5. The fourth-order valence-corrected chi connectivity index (χ4v) is 6.08. The number of halogens is 1. The van der Waals surface area contributed by atoms with E-state index in [-0.39, 0.29) is 23.6 Å². The first-order valence-electron chi connectivity index (χ1n) is 11.7. The third-order valence-electron chi connectivity index (χ3n) is 6.56. The van der Waals surface area contributed by atoms with E-state index in [1.807, 2.05) is 60.7 Å². The summed E-state index contributed by atoms with van der Waals surface area (Å²) >= 11 is 7.16. The van der Waals surface area contributed by atoms with Crippen LogP contribution in [-0.2, 0) is 19.1 Å². The molecule has 3 aromatic carbocycles. The molecule has 9 heteroatoms. The van der Waals surface area contributed by atoms with Crippen molar-refractivity contribution in [1.29, 1.82) is 0 Å². The van der Waals surface area contributed by atoms with E-state index in [1.165, 1.54) is 16.7 Å². The van der Waals surface area contributed by atoms with Crippen LogP contribution in [0.3, 0.4) is 0 Å². The molecule has 0 aliphatic carbocycles. The van der Waals surface area contributed by atoms with E-state index in [4.69, 9.17) is 16.3 Å². The van der Waals surface area contributed by atoms with Gasteiger partial charge in [-0.05, 0) is 35.4 Å². The van der Waals surface area contributed by atoms with Gasteiger partial charge in [0.25, 0.3) is 5.91 Å². The molecule has 2 aliphatic rings. The first-order valence-corrected chi connectivity index (χ1v) is 13.1. The fraction of sp³-hybridized carbons (Fsp3) is 0.214. The molecule has 37 heavy (non-hydrogen) atoms. The lowest BCUT2D eigenvalue weighted by Gasteiger charge is -2.52. The van der Waals surface area contributed by atoms with Gasteiger partial charge in [0.05, 0.1) is 0 Å². The van der Waals surface area contributed by atoms with E-state index < -0.39 is 29.4 Å². The highest BCUT2D eigenvalue weighted by molar-refractivity contribution is 8.00. The molecule has 2 heterocycles. The quantitative estimate of drug-likeness (QED) is 0.214. The molecule has 7 nitrogen and oxygen atoms in total. The number of esters is 1. The Balaban J connectivity index is 1.30. The number of benzene rings is 3. The minimum atomic E-state index is -1.51. The average Bonchev–Trinajstić information content (AvgIpc) is 2.95. The molecule has 2 fully saturated rings. The Kier molecular flexibility index (Phi) is 7.04. The van der Waals surface area contributed by atoms with Crippen LogP contribution in [0.15, 0.2) is 84.9 Å². The molecule has 188 valence electrons. The SMILES string of the molecule is O=CC1(C(=O)OC(c2ccccc2)c2ccccc2)CS[C@@H]2C(NC(=O)c3ccc(Cl)cc3)C(=O)N2C1. The Morgan fingerprint density at radius 3 is 2.16 bits per heavy atom. The largest absolute Gasteiger partial charge is 0.452 e. The van der Waals surface area contributed by atoms with Gasteiger partial charge in [0.15, 0.2) is 6.10 Å². The molecule has 5 rings (SSSR count). The van der Waals surface area contributed by atoms with Gasteiger partial charge in [-0.2, -0.15) is 0 Å². The van der Waals surface area contributed by atoms with Crippen LogP contribution in [0.2, 0.25) is 5.02 Å². The van der Waals surface area contributed by atoms with Crippen LogP contribution < -0.4 is 5.32 Å². The Labute approximate surface area is 223 Å². The van der Waals surface area contributed by atoms with E-state index in [2.05, 4.69) is 5.32 Å². The van der Waals surface area contributed by atoms with Crippen molar-refractivity contribution in [3.8, 4) is 0 Å². The minimum absolute atomic E-state index is 0.102. The van der Waals surface area contributed by atoms with Gasteiger partial charge in [0.2, 0.25) is 5.91 Å². The fourth-order valence-electron chi connectivity index (χ4n) is 4.47. The molecule has 3 aromatic rings. The summed E-state index contributed by atoms with van der Waals surface area (Å²) in [6.45, 7) is -0.102. The molecule has 0 saturated carbocycles. The lowest BCUT2D eigenvalue weighted by molar-refractivity contribution is -0.165. The van der Waals surface area contributed by atoms with Gasteiger partial charge < -0.3 is 19.7 Å². The molecule has 2 unspecified atom stereocenters. The zero-order valence-corrected chi connectivity index (χ0v) is 21.2. The van der Waals surface area contributed by atoms with Crippen molar-refractivity contribution in [2.45, 2.75) is 17.5 Å². The second kappa shape index (κ2) is 10.4. The second-order valence-corrected chi connectivity index (χ2v) is 10.5. The van der Waals surface area contributed by atoms with Gasteiger partial charge in [0.1, 0.15) is 23.1 Å². The van der Waals surface area contributed by atoms with Crippen LogP contribution in [0.5, 0.6) is 0 Å². The number of nitrogens with zero attached hydrogens (tertiary/aromatic N) is 1. The van der Waals surface area contributed by atoms with Gasteiger partial charge in [-0.15, -0.1) is 11.8 Å². The van der Waals surface area contributed by atoms with Gasteiger partial charge in [0, 0.05) is 22.9 Å². The summed E-state index contributed by atoms with van der Waals surface area (Å²) in [6.07, 6.45) is -0.119. The maximum Gasteiger partial charge on any atom is 0.322 e. The van der Waals surface area contributed by atoms with Gasteiger partial charge in [-0.1, -0.05) is 72.3 Å². The highest BCUT2D eigenvalue weighted by atomic mass is 35.5. The van der Waals surface area contributed by atoms with Crippen molar-refractivity contribution in [2.75, 3.05) is 12.3 Å². The van der Waals surface area contributed by atoms with Gasteiger partial charge in [-0.25, -0.2) is 0 Å². The van der Waals surface area contributed by atoms with Crippen molar-refractivity contribution in [3.63, 3.8) is 0 Å². The molecule has 0 spiro atoms. The number of amides is 2. The summed E-state index contributed by atoms with van der Waals surface area (Å²) in [5.41, 5.74) is 0.420. The molecular weight excluding hydrogens is 512 g/mol. The molecule has 1 N–H and O–H groups in total. The number of nitrogens with one attached hydrogen (secondary N) is 1. The number of aldehydes is 1. The Hall–Kier alpha value is -3.62.